The lowest BCUT2D eigenvalue weighted by molar-refractivity contribution is 0.00578. The third-order valence-electron chi connectivity index (χ3n) is 19.7. The number of benzene rings is 9. The summed E-state index contributed by atoms with van der Waals surface area (Å²) in [7, 11) is -1.31. The van der Waals surface area contributed by atoms with Gasteiger partial charge in [-0.05, 0) is 244 Å². The van der Waals surface area contributed by atoms with Crippen LogP contribution in [-0.4, -0.2) is 98.3 Å². The molecule has 24 heteroatoms. The summed E-state index contributed by atoms with van der Waals surface area (Å²) in [6.07, 6.45) is 0. The molecule has 0 bridgehead atoms. The quantitative estimate of drug-likeness (QED) is 0.146. The summed E-state index contributed by atoms with van der Waals surface area (Å²) in [5, 5.41) is 7.44. The molecular formula is C78H72B3BrCl5N9O6. The Hall–Kier alpha value is -7.72. The highest BCUT2D eigenvalue weighted by molar-refractivity contribution is 9.10. The maximum atomic E-state index is 6.27. The smallest absolute Gasteiger partial charge is 0.405 e. The largest absolute Gasteiger partial charge is 0.494 e. The van der Waals surface area contributed by atoms with Crippen molar-refractivity contribution in [1.29, 1.82) is 0 Å². The zero-order valence-corrected chi connectivity index (χ0v) is 63.6. The maximum Gasteiger partial charge on any atom is 0.494 e. The first-order chi connectivity index (χ1) is 48.5. The van der Waals surface area contributed by atoms with Crippen LogP contribution in [0.4, 0.5) is 0 Å². The van der Waals surface area contributed by atoms with Crippen molar-refractivity contribution in [2.24, 2.45) is 0 Å². The molecular weight excluding hydrogens is 1450 g/mol. The number of nitrogens with zero attached hydrogens (tertiary/aromatic N) is 9. The highest BCUT2D eigenvalue weighted by Crippen LogP contribution is 2.44. The Balaban J connectivity index is 0.000000118. The highest BCUT2D eigenvalue weighted by Gasteiger charge is 2.64. The molecule has 14 aromatic rings. The van der Waals surface area contributed by atoms with Crippen LogP contribution >= 0.6 is 73.9 Å². The van der Waals surface area contributed by atoms with Gasteiger partial charge in [0.2, 0.25) is 26.4 Å². The van der Waals surface area contributed by atoms with Crippen molar-refractivity contribution in [2.45, 2.75) is 117 Å². The maximum absolute atomic E-state index is 6.27. The van der Waals surface area contributed by atoms with Gasteiger partial charge in [0, 0.05) is 59.4 Å². The minimum atomic E-state index is -0.476. The summed E-state index contributed by atoms with van der Waals surface area (Å²) in [5.74, 6) is 0.457. The fourth-order valence-corrected chi connectivity index (χ4v) is 13.8. The van der Waals surface area contributed by atoms with Gasteiger partial charge in [0.05, 0.1) is 66.7 Å². The number of hydrogen-bond donors (Lipinski definition) is 0. The first kappa shape index (κ1) is 72.6. The molecule has 102 heavy (non-hydrogen) atoms. The molecule has 0 amide bonds. The van der Waals surface area contributed by atoms with Crippen molar-refractivity contribution in [3.63, 3.8) is 0 Å². The molecule has 8 heterocycles. The van der Waals surface area contributed by atoms with E-state index in [1.807, 2.05) is 104 Å². The number of para-hydroxylation sites is 6. The topological polar surface area (TPSA) is 148 Å². The van der Waals surface area contributed by atoms with Crippen LogP contribution in [0, 0.1) is 0 Å². The zero-order valence-electron chi connectivity index (χ0n) is 58.3. The predicted octanol–water partition coefficient (Wildman–Crippen LogP) is 20.7. The van der Waals surface area contributed by atoms with Gasteiger partial charge < -0.3 is 41.6 Å². The third-order valence-corrected chi connectivity index (χ3v) is 21.1. The Morgan fingerprint density at radius 1 is 0.294 bits per heavy atom. The molecule has 3 aliphatic rings. The fraction of sp³-hybridized carbons (Fsp3) is 0.231. The molecule has 0 unspecified atom stereocenters. The fourth-order valence-electron chi connectivity index (χ4n) is 12.5. The van der Waals surface area contributed by atoms with Crippen molar-refractivity contribution < 1.29 is 27.9 Å². The molecule has 0 saturated carbocycles. The summed E-state index contributed by atoms with van der Waals surface area (Å²) in [6.45, 7) is 24.6. The Bertz CT molecular complexity index is 5270. The molecule has 3 aliphatic heterocycles. The van der Waals surface area contributed by atoms with Crippen molar-refractivity contribution in [3.05, 3.63) is 249 Å². The molecule has 0 atom stereocenters. The van der Waals surface area contributed by atoms with E-state index in [1.165, 1.54) is 49.3 Å². The van der Waals surface area contributed by atoms with E-state index < -0.39 is 14.0 Å². The number of rotatable bonds is 6. The average Bonchev–Trinajstić information content (AvgIpc) is 1.62. The Kier molecular flexibility index (Phi) is 20.5. The summed E-state index contributed by atoms with van der Waals surface area (Å²) in [4.78, 5) is 22.6. The number of fused-ring (bicyclic) bond motifs is 9. The predicted molar refractivity (Wildman–Crippen MR) is 422 cm³/mol. The molecule has 0 aliphatic carbocycles. The molecule has 0 radical (unpaired) electrons. The Morgan fingerprint density at radius 2 is 0.578 bits per heavy atom. The molecule has 9 aromatic carbocycles. The molecule has 3 saturated heterocycles. The van der Waals surface area contributed by atoms with E-state index in [9.17, 15) is 0 Å². The lowest BCUT2D eigenvalue weighted by Crippen LogP contribution is -2.41. The molecule has 3 fully saturated rings. The van der Waals surface area contributed by atoms with E-state index in [1.54, 1.807) is 0 Å². The van der Waals surface area contributed by atoms with Gasteiger partial charge in [0.15, 0.2) is 5.82 Å². The molecule has 5 aromatic heterocycles. The lowest BCUT2D eigenvalue weighted by Gasteiger charge is -2.32. The minimum absolute atomic E-state index is 0.000000000000000444. The molecule has 516 valence electrons. The van der Waals surface area contributed by atoms with Crippen molar-refractivity contribution in [1.82, 2.24) is 43.6 Å². The van der Waals surface area contributed by atoms with Gasteiger partial charge in [-0.2, -0.15) is 29.9 Å². The normalized spacial score (nSPS) is 16.7. The SMILES string of the molecule is Brc1ccc2c(c1)c1ccccc1n2-c1ccccc1.CC1(C)OB(B2OC(C)(C)C(C)(C)O2)OC1(C)C.CC1(C)OB(c2ccc3c(c2)c2ccccc2n3-c2ccccc2)OC1(C)C.Clc1nc(Cl)nc(-c2ccc3c(c2)c2ccccc2n3-c2ccccc2)n1.Clc1nc(Cl)nc(Cl)n1. The van der Waals surface area contributed by atoms with Crippen LogP contribution in [0.15, 0.2) is 223 Å². The summed E-state index contributed by atoms with van der Waals surface area (Å²) in [6, 6.07) is 75.8. The number of aromatic nitrogens is 9. The van der Waals surface area contributed by atoms with Crippen LogP contribution < -0.4 is 5.46 Å². The molecule has 0 N–H and O–H groups in total. The summed E-state index contributed by atoms with van der Waals surface area (Å²) >= 11 is 31.4. The number of halogens is 6. The lowest BCUT2D eigenvalue weighted by atomic mass is 9.49. The second kappa shape index (κ2) is 28.7. The van der Waals surface area contributed by atoms with Crippen LogP contribution in [0.2, 0.25) is 26.4 Å². The van der Waals surface area contributed by atoms with Gasteiger partial charge in [0.25, 0.3) is 0 Å². The standard InChI is InChI=1S/C24H24BNO2.C21H12Cl2N4.C18H12BrN.C12H24B2O4.C3Cl3N3/c1-23(2)24(3,4)28-25(27-23)17-14-15-22-20(16-17)19-12-8-9-13-21(19)26(22)18-10-6-5-7-11-18;22-20-24-19(25-21(23)26-20)13-10-11-18-16(12-13)15-8-4-5-9-17(15)27(18)14-6-2-1-3-7-14;19-13-10-11-18-16(12-13)15-8-4-5-9-17(15)20(18)14-6-2-1-3-7-14;1-9(2)10(3,4)16-13(15-9)14-17-11(5,6)12(7,8)18-14;4-1-7-2(5)9-3(6)8-1/h5-16H,1-4H3;1-12H;1-12H;1-8H3;. The van der Waals surface area contributed by atoms with Crippen molar-refractivity contribution in [3.8, 4) is 28.5 Å². The average molecular weight is 1520 g/mol. The highest BCUT2D eigenvalue weighted by atomic mass is 79.9. The van der Waals surface area contributed by atoms with E-state index in [-0.39, 0.29) is 67.1 Å². The first-order valence-corrected chi connectivity index (χ1v) is 36.0. The van der Waals surface area contributed by atoms with E-state index in [2.05, 4.69) is 257 Å². The van der Waals surface area contributed by atoms with E-state index in [4.69, 9.17) is 85.9 Å². The van der Waals surface area contributed by atoms with Crippen LogP contribution in [0.5, 0.6) is 0 Å². The van der Waals surface area contributed by atoms with Crippen molar-refractivity contribution >= 4 is 166 Å². The Labute approximate surface area is 627 Å². The third kappa shape index (κ3) is 14.6. The van der Waals surface area contributed by atoms with E-state index in [0.29, 0.717) is 5.82 Å². The molecule has 0 spiro atoms. The van der Waals surface area contributed by atoms with E-state index >= 15 is 0 Å². The number of hydrogen-bond acceptors (Lipinski definition) is 12. The molecule has 15 nitrogen and oxygen atoms in total. The summed E-state index contributed by atoms with van der Waals surface area (Å²) < 4.78 is 44.4. The monoisotopic (exact) mass is 1520 g/mol. The van der Waals surface area contributed by atoms with Crippen molar-refractivity contribution in [2.75, 3.05) is 0 Å². The van der Waals surface area contributed by atoms with Gasteiger partial charge in [0.1, 0.15) is 0 Å². The second-order valence-electron chi connectivity index (χ2n) is 27.9. The van der Waals surface area contributed by atoms with Gasteiger partial charge >= 0.3 is 21.1 Å². The van der Waals surface area contributed by atoms with Crippen LogP contribution in [0.3, 0.4) is 0 Å². The van der Waals surface area contributed by atoms with Crippen LogP contribution in [0.1, 0.15) is 83.1 Å². The Morgan fingerprint density at radius 3 is 0.951 bits per heavy atom. The van der Waals surface area contributed by atoms with Crippen LogP contribution in [0.25, 0.3) is 93.9 Å². The van der Waals surface area contributed by atoms with Crippen LogP contribution in [-0.2, 0) is 27.9 Å². The first-order valence-electron chi connectivity index (χ1n) is 33.3. The van der Waals surface area contributed by atoms with E-state index in [0.717, 1.165) is 48.7 Å². The van der Waals surface area contributed by atoms with Gasteiger partial charge in [-0.25, -0.2) is 0 Å². The summed E-state index contributed by atoms with van der Waals surface area (Å²) in [5.41, 5.74) is 10.4. The zero-order chi connectivity index (χ0) is 72.3. The van der Waals surface area contributed by atoms with Gasteiger partial charge in [-0.15, -0.1) is 0 Å². The van der Waals surface area contributed by atoms with Gasteiger partial charge in [-0.3, -0.25) is 0 Å². The van der Waals surface area contributed by atoms with Gasteiger partial charge in [-0.1, -0.05) is 137 Å². The molecule has 17 rings (SSSR count). The second-order valence-corrected chi connectivity index (χ2v) is 30.5. The minimum Gasteiger partial charge on any atom is -0.405 e.